The van der Waals surface area contributed by atoms with Crippen LogP contribution in [0.5, 0.6) is 0 Å². The minimum atomic E-state index is -0.195. The van der Waals surface area contributed by atoms with Gasteiger partial charge in [-0.1, -0.05) is 6.42 Å². The summed E-state index contributed by atoms with van der Waals surface area (Å²) in [7, 11) is 0. The first kappa shape index (κ1) is 10.8. The van der Waals surface area contributed by atoms with Crippen LogP contribution in [0.3, 0.4) is 0 Å². The Kier molecular flexibility index (Phi) is 3.73. The third-order valence-corrected chi connectivity index (χ3v) is 2.72. The van der Waals surface area contributed by atoms with Crippen molar-refractivity contribution in [3.63, 3.8) is 0 Å². The fraction of sp³-hybridized carbons (Fsp3) is 0.778. The highest BCUT2D eigenvalue weighted by molar-refractivity contribution is 5.77. The number of rotatable bonds is 3. The molecule has 0 saturated heterocycles. The number of aliphatic imine (C=N–C) groups is 1. The molecule has 1 fully saturated rings. The van der Waals surface area contributed by atoms with Crippen molar-refractivity contribution in [2.24, 2.45) is 34.0 Å². The first-order valence-corrected chi connectivity index (χ1v) is 4.94. The molecular weight excluding hydrogens is 180 g/mol. The Morgan fingerprint density at radius 3 is 2.57 bits per heavy atom. The molecule has 2 atom stereocenters. The molecule has 0 bridgehead atoms. The lowest BCUT2D eigenvalue weighted by atomic mass is 9.81. The molecule has 2 unspecified atom stereocenters. The van der Waals surface area contributed by atoms with Crippen LogP contribution in [-0.4, -0.2) is 18.4 Å². The number of amides is 1. The number of carbonyl (C=O) groups excluding carboxylic acids is 1. The summed E-state index contributed by atoms with van der Waals surface area (Å²) >= 11 is 0. The molecule has 0 heterocycles. The van der Waals surface area contributed by atoms with Crippen LogP contribution in [0.2, 0.25) is 0 Å². The van der Waals surface area contributed by atoms with Crippen molar-refractivity contribution in [1.82, 2.24) is 0 Å². The summed E-state index contributed by atoms with van der Waals surface area (Å²) in [5, 5.41) is 0. The van der Waals surface area contributed by atoms with Gasteiger partial charge in [0, 0.05) is 12.5 Å². The molecule has 1 rings (SSSR count). The predicted octanol–water partition coefficient (Wildman–Crippen LogP) is -0.448. The van der Waals surface area contributed by atoms with Gasteiger partial charge >= 0.3 is 0 Å². The Bertz CT molecular complexity index is 235. The fourth-order valence-corrected chi connectivity index (χ4v) is 1.95. The molecule has 0 aromatic rings. The van der Waals surface area contributed by atoms with Crippen molar-refractivity contribution in [3.05, 3.63) is 0 Å². The van der Waals surface area contributed by atoms with Crippen LogP contribution in [0, 0.1) is 11.8 Å². The Balaban J connectivity index is 2.40. The molecule has 0 aliphatic heterocycles. The Labute approximate surface area is 83.7 Å². The van der Waals surface area contributed by atoms with Gasteiger partial charge in [-0.3, -0.25) is 9.79 Å². The summed E-state index contributed by atoms with van der Waals surface area (Å²) in [6.45, 7) is 0.617. The highest BCUT2D eigenvalue weighted by Crippen LogP contribution is 2.28. The second-order valence-corrected chi connectivity index (χ2v) is 3.90. The van der Waals surface area contributed by atoms with Gasteiger partial charge in [-0.05, 0) is 25.2 Å². The molecule has 80 valence electrons. The van der Waals surface area contributed by atoms with E-state index in [-0.39, 0.29) is 17.8 Å². The maximum atomic E-state index is 11.0. The average molecular weight is 198 g/mol. The Morgan fingerprint density at radius 1 is 1.29 bits per heavy atom. The van der Waals surface area contributed by atoms with Gasteiger partial charge in [-0.15, -0.1) is 0 Å². The summed E-state index contributed by atoms with van der Waals surface area (Å²) in [4.78, 5) is 14.9. The van der Waals surface area contributed by atoms with E-state index in [1.807, 2.05) is 0 Å². The van der Waals surface area contributed by atoms with E-state index in [1.165, 1.54) is 0 Å². The molecule has 5 heteroatoms. The van der Waals surface area contributed by atoms with E-state index < -0.39 is 0 Å². The minimum Gasteiger partial charge on any atom is -0.370 e. The standard InChI is InChI=1S/C9H18N4O/c10-8(14)7-3-1-2-6(4-7)5-13-9(11)12/h6-7H,1-5H2,(H2,10,14)(H4,11,12,13). The third kappa shape index (κ3) is 3.24. The molecule has 5 nitrogen and oxygen atoms in total. The van der Waals surface area contributed by atoms with Gasteiger partial charge < -0.3 is 17.2 Å². The topological polar surface area (TPSA) is 107 Å². The van der Waals surface area contributed by atoms with Gasteiger partial charge in [-0.25, -0.2) is 0 Å². The van der Waals surface area contributed by atoms with E-state index in [1.54, 1.807) is 0 Å². The number of nitrogens with two attached hydrogens (primary N) is 3. The van der Waals surface area contributed by atoms with Crippen molar-refractivity contribution in [2.45, 2.75) is 25.7 Å². The fourth-order valence-electron chi connectivity index (χ4n) is 1.95. The summed E-state index contributed by atoms with van der Waals surface area (Å²) in [5.74, 6) is 0.344. The quantitative estimate of drug-likeness (QED) is 0.422. The number of hydrogen-bond acceptors (Lipinski definition) is 2. The van der Waals surface area contributed by atoms with E-state index in [2.05, 4.69) is 4.99 Å². The molecule has 1 aliphatic carbocycles. The number of hydrogen-bond donors (Lipinski definition) is 3. The highest BCUT2D eigenvalue weighted by Gasteiger charge is 2.25. The molecule has 0 aromatic heterocycles. The Hall–Kier alpha value is -1.26. The average Bonchev–Trinajstić information content (AvgIpc) is 2.15. The highest BCUT2D eigenvalue weighted by atomic mass is 16.1. The third-order valence-electron chi connectivity index (χ3n) is 2.72. The predicted molar refractivity (Wildman–Crippen MR) is 55.3 cm³/mol. The van der Waals surface area contributed by atoms with Crippen LogP contribution in [0.25, 0.3) is 0 Å². The van der Waals surface area contributed by atoms with Crippen molar-refractivity contribution in [1.29, 1.82) is 0 Å². The zero-order valence-corrected chi connectivity index (χ0v) is 8.28. The number of primary amides is 1. The molecule has 0 aromatic carbocycles. The molecule has 0 radical (unpaired) electrons. The van der Waals surface area contributed by atoms with E-state index >= 15 is 0 Å². The van der Waals surface area contributed by atoms with Crippen LogP contribution in [0.15, 0.2) is 4.99 Å². The van der Waals surface area contributed by atoms with Gasteiger partial charge in [-0.2, -0.15) is 0 Å². The van der Waals surface area contributed by atoms with E-state index in [0.717, 1.165) is 25.7 Å². The summed E-state index contributed by atoms with van der Waals surface area (Å²) in [6, 6.07) is 0. The molecule has 0 spiro atoms. The van der Waals surface area contributed by atoms with Gasteiger partial charge in [0.25, 0.3) is 0 Å². The van der Waals surface area contributed by atoms with Crippen LogP contribution in [-0.2, 0) is 4.79 Å². The molecule has 1 saturated carbocycles. The maximum absolute atomic E-state index is 11.0. The summed E-state index contributed by atoms with van der Waals surface area (Å²) in [5.41, 5.74) is 15.7. The van der Waals surface area contributed by atoms with Gasteiger partial charge in [0.1, 0.15) is 0 Å². The summed E-state index contributed by atoms with van der Waals surface area (Å²) in [6.07, 6.45) is 3.86. The smallest absolute Gasteiger partial charge is 0.220 e. The lowest BCUT2D eigenvalue weighted by molar-refractivity contribution is -0.123. The van der Waals surface area contributed by atoms with Crippen molar-refractivity contribution in [3.8, 4) is 0 Å². The number of guanidine groups is 1. The molecule has 1 aliphatic rings. The lowest BCUT2D eigenvalue weighted by Crippen LogP contribution is -2.30. The van der Waals surface area contributed by atoms with Crippen LogP contribution < -0.4 is 17.2 Å². The normalized spacial score (nSPS) is 26.9. The minimum absolute atomic E-state index is 0.0166. The summed E-state index contributed by atoms with van der Waals surface area (Å²) < 4.78 is 0. The Morgan fingerprint density at radius 2 is 2.00 bits per heavy atom. The monoisotopic (exact) mass is 198 g/mol. The SMILES string of the molecule is NC(=O)C1CCCC(CN=C(N)N)C1. The van der Waals surface area contributed by atoms with E-state index in [0.29, 0.717) is 12.5 Å². The zero-order valence-electron chi connectivity index (χ0n) is 8.28. The second kappa shape index (κ2) is 4.83. The lowest BCUT2D eigenvalue weighted by Gasteiger charge is -2.25. The van der Waals surface area contributed by atoms with Crippen molar-refractivity contribution in [2.75, 3.05) is 6.54 Å². The first-order valence-electron chi connectivity index (χ1n) is 4.94. The second-order valence-electron chi connectivity index (χ2n) is 3.90. The van der Waals surface area contributed by atoms with E-state index in [4.69, 9.17) is 17.2 Å². The number of carbonyl (C=O) groups is 1. The molecular formula is C9H18N4O. The number of nitrogens with zero attached hydrogens (tertiary/aromatic N) is 1. The van der Waals surface area contributed by atoms with Crippen molar-refractivity contribution >= 4 is 11.9 Å². The van der Waals surface area contributed by atoms with Gasteiger partial charge in [0.2, 0.25) is 5.91 Å². The largest absolute Gasteiger partial charge is 0.370 e. The van der Waals surface area contributed by atoms with Gasteiger partial charge in [0.15, 0.2) is 5.96 Å². The molecule has 6 N–H and O–H groups in total. The molecule has 1 amide bonds. The van der Waals surface area contributed by atoms with Crippen LogP contribution in [0.4, 0.5) is 0 Å². The molecule has 14 heavy (non-hydrogen) atoms. The van der Waals surface area contributed by atoms with E-state index in [9.17, 15) is 4.79 Å². The van der Waals surface area contributed by atoms with Gasteiger partial charge in [0.05, 0.1) is 0 Å². The first-order chi connectivity index (χ1) is 6.59. The van der Waals surface area contributed by atoms with Crippen molar-refractivity contribution < 1.29 is 4.79 Å². The maximum Gasteiger partial charge on any atom is 0.220 e. The van der Waals surface area contributed by atoms with Crippen LogP contribution >= 0.6 is 0 Å². The van der Waals surface area contributed by atoms with Crippen LogP contribution in [0.1, 0.15) is 25.7 Å². The zero-order chi connectivity index (χ0) is 10.6.